The number of H-pyrrole nitrogens is 3. The van der Waals surface area contributed by atoms with Crippen molar-refractivity contribution in [2.24, 2.45) is 0 Å². The highest BCUT2D eigenvalue weighted by atomic mass is 16.1. The summed E-state index contributed by atoms with van der Waals surface area (Å²) in [5, 5.41) is 12.2. The van der Waals surface area contributed by atoms with E-state index in [-0.39, 0.29) is 33.9 Å². The molecule has 0 fully saturated rings. The van der Waals surface area contributed by atoms with Crippen LogP contribution in [0.25, 0.3) is 39.6 Å². The lowest BCUT2D eigenvalue weighted by Crippen LogP contribution is -2.22. The standard InChI is InChI=1S/C16H8N11O3/c28-11-3-8(26-9(21-11)1-2-19-26)12-13(27-16(17-6-20-27)23-15(12)30)7-5-25-10(4-18-24-25)22-14(7)29/h1-2,4-6,19,24H,(H,17,20,23,30). The number of nitrogens with zero attached hydrogens (tertiary/aromatic N) is 8. The lowest BCUT2D eigenvalue weighted by molar-refractivity contribution is 0.841. The fraction of sp³-hybridized carbons (Fsp3) is 0. The highest BCUT2D eigenvalue weighted by Crippen LogP contribution is 2.26. The van der Waals surface area contributed by atoms with Crippen molar-refractivity contribution in [2.75, 3.05) is 0 Å². The van der Waals surface area contributed by atoms with Crippen molar-refractivity contribution in [3.05, 3.63) is 68.1 Å². The van der Waals surface area contributed by atoms with E-state index in [0.717, 1.165) is 0 Å². The van der Waals surface area contributed by atoms with Gasteiger partial charge in [-0.15, -0.1) is 0 Å². The molecule has 0 saturated heterocycles. The van der Waals surface area contributed by atoms with E-state index in [0.29, 0.717) is 5.65 Å². The van der Waals surface area contributed by atoms with Gasteiger partial charge in [0.15, 0.2) is 11.3 Å². The molecule has 0 unspecified atom stereocenters. The number of hydrogen-bond donors (Lipinski definition) is 3. The van der Waals surface area contributed by atoms with E-state index in [9.17, 15) is 14.4 Å². The molecule has 6 aromatic heterocycles. The minimum atomic E-state index is -0.712. The maximum absolute atomic E-state index is 13.0. The summed E-state index contributed by atoms with van der Waals surface area (Å²) in [6.45, 7) is 0. The van der Waals surface area contributed by atoms with Crippen LogP contribution in [0, 0.1) is 6.07 Å². The Hall–Kier alpha value is -4.88. The van der Waals surface area contributed by atoms with Crippen LogP contribution in [0.15, 0.2) is 45.4 Å². The molecule has 14 heteroatoms. The Labute approximate surface area is 162 Å². The molecule has 0 saturated carbocycles. The molecule has 0 bridgehead atoms. The predicted molar refractivity (Wildman–Crippen MR) is 99.9 cm³/mol. The van der Waals surface area contributed by atoms with Gasteiger partial charge in [-0.2, -0.15) is 20.1 Å². The van der Waals surface area contributed by atoms with E-state index < -0.39 is 16.7 Å². The topological polar surface area (TPSA) is 176 Å². The summed E-state index contributed by atoms with van der Waals surface area (Å²) in [7, 11) is 0. The minimum Gasteiger partial charge on any atom is -0.300 e. The third kappa shape index (κ3) is 2.12. The molecule has 0 amide bonds. The largest absolute Gasteiger partial charge is 0.300 e. The summed E-state index contributed by atoms with van der Waals surface area (Å²) in [4.78, 5) is 53.8. The molecule has 3 N–H and O–H groups in total. The Kier molecular flexibility index (Phi) is 2.99. The van der Waals surface area contributed by atoms with Crippen molar-refractivity contribution in [1.29, 1.82) is 0 Å². The van der Waals surface area contributed by atoms with Crippen LogP contribution in [0.2, 0.25) is 0 Å². The first-order valence-electron chi connectivity index (χ1n) is 8.49. The van der Waals surface area contributed by atoms with E-state index in [1.165, 1.54) is 32.3 Å². The molecule has 1 radical (unpaired) electrons. The van der Waals surface area contributed by atoms with Gasteiger partial charge in [-0.1, -0.05) is 0 Å². The Morgan fingerprint density at radius 3 is 2.77 bits per heavy atom. The van der Waals surface area contributed by atoms with Crippen molar-refractivity contribution in [1.82, 2.24) is 54.0 Å². The highest BCUT2D eigenvalue weighted by molar-refractivity contribution is 5.80. The van der Waals surface area contributed by atoms with E-state index in [1.807, 2.05) is 0 Å². The Balaban J connectivity index is 1.84. The van der Waals surface area contributed by atoms with Gasteiger partial charge in [0.1, 0.15) is 6.33 Å². The number of nitrogens with one attached hydrogen (secondary N) is 3. The molecule has 145 valence electrons. The lowest BCUT2D eigenvalue weighted by atomic mass is 10.1. The molecule has 6 aromatic rings. The van der Waals surface area contributed by atoms with Crippen LogP contribution in [0.3, 0.4) is 0 Å². The first-order valence-corrected chi connectivity index (χ1v) is 8.49. The highest BCUT2D eigenvalue weighted by Gasteiger charge is 2.24. The normalized spacial score (nSPS) is 11.7. The van der Waals surface area contributed by atoms with Gasteiger partial charge in [-0.3, -0.25) is 24.6 Å². The van der Waals surface area contributed by atoms with Crippen molar-refractivity contribution < 1.29 is 0 Å². The third-order valence-electron chi connectivity index (χ3n) is 4.56. The van der Waals surface area contributed by atoms with Gasteiger partial charge in [-0.05, 0) is 0 Å². The molecule has 0 aliphatic rings. The predicted octanol–water partition coefficient (Wildman–Crippen LogP) is -1.38. The van der Waals surface area contributed by atoms with Crippen molar-refractivity contribution >= 4 is 17.1 Å². The number of rotatable bonds is 2. The third-order valence-corrected chi connectivity index (χ3v) is 4.56. The molecular weight excluding hydrogens is 394 g/mol. The van der Waals surface area contributed by atoms with Crippen LogP contribution in [0.1, 0.15) is 0 Å². The Bertz CT molecular complexity index is 1780. The maximum atomic E-state index is 13.0. The van der Waals surface area contributed by atoms with E-state index in [2.05, 4.69) is 46.5 Å². The average molecular weight is 402 g/mol. The first kappa shape index (κ1) is 16.1. The number of aromatic amines is 3. The molecular formula is C16H8N11O3. The summed E-state index contributed by atoms with van der Waals surface area (Å²) in [5.41, 5.74) is -1.29. The molecule has 0 aromatic carbocycles. The molecule has 6 heterocycles. The molecule has 0 aliphatic heterocycles. The van der Waals surface area contributed by atoms with Gasteiger partial charge in [0, 0.05) is 18.5 Å². The van der Waals surface area contributed by atoms with Gasteiger partial charge < -0.3 is 0 Å². The van der Waals surface area contributed by atoms with Crippen LogP contribution < -0.4 is 16.7 Å². The van der Waals surface area contributed by atoms with Crippen LogP contribution in [0.4, 0.5) is 0 Å². The quantitative estimate of drug-likeness (QED) is 0.317. The zero-order valence-corrected chi connectivity index (χ0v) is 14.7. The lowest BCUT2D eigenvalue weighted by Gasteiger charge is -2.11. The second kappa shape index (κ2) is 5.57. The number of hydrogen-bond acceptors (Lipinski definition) is 8. The summed E-state index contributed by atoms with van der Waals surface area (Å²) >= 11 is 0. The maximum Gasteiger partial charge on any atom is 0.284 e. The smallest absolute Gasteiger partial charge is 0.284 e. The average Bonchev–Trinajstić information content (AvgIpc) is 3.45. The van der Waals surface area contributed by atoms with Crippen LogP contribution in [-0.2, 0) is 0 Å². The van der Waals surface area contributed by atoms with Gasteiger partial charge in [0.2, 0.25) is 0 Å². The summed E-state index contributed by atoms with van der Waals surface area (Å²) in [5.74, 6) is 0.0389. The Morgan fingerprint density at radius 1 is 0.967 bits per heavy atom. The molecule has 0 spiro atoms. The summed E-state index contributed by atoms with van der Waals surface area (Å²) in [6.07, 6.45) is 5.70. The zero-order chi connectivity index (χ0) is 20.4. The van der Waals surface area contributed by atoms with Gasteiger partial charge in [-0.25, -0.2) is 23.7 Å². The zero-order valence-electron chi connectivity index (χ0n) is 14.7. The first-order chi connectivity index (χ1) is 14.6. The number of fused-ring (bicyclic) bond motifs is 3. The molecule has 6 rings (SSSR count). The van der Waals surface area contributed by atoms with Crippen molar-refractivity contribution in [3.8, 4) is 22.5 Å². The van der Waals surface area contributed by atoms with Crippen molar-refractivity contribution in [2.45, 2.75) is 0 Å². The fourth-order valence-corrected chi connectivity index (χ4v) is 3.34. The van der Waals surface area contributed by atoms with E-state index >= 15 is 0 Å². The van der Waals surface area contributed by atoms with Gasteiger partial charge in [0.25, 0.3) is 22.5 Å². The van der Waals surface area contributed by atoms with E-state index in [1.54, 1.807) is 12.3 Å². The van der Waals surface area contributed by atoms with Crippen LogP contribution >= 0.6 is 0 Å². The van der Waals surface area contributed by atoms with Gasteiger partial charge in [0.05, 0.1) is 34.8 Å². The second-order valence-electron chi connectivity index (χ2n) is 6.26. The minimum absolute atomic E-state index is 0.0389. The fourth-order valence-electron chi connectivity index (χ4n) is 3.34. The van der Waals surface area contributed by atoms with Crippen molar-refractivity contribution in [3.63, 3.8) is 0 Å². The van der Waals surface area contributed by atoms with Crippen LogP contribution in [0.5, 0.6) is 0 Å². The SMILES string of the molecule is O=c1[c]c(-c2c(-c3cn4[nH]ncc4nc3=O)n3[nH]cnc3nc2=O)n2[nH]ccc2n1. The molecule has 14 nitrogen and oxygen atoms in total. The molecule has 0 aliphatic carbocycles. The molecule has 30 heavy (non-hydrogen) atoms. The monoisotopic (exact) mass is 402 g/mol. The number of aromatic nitrogens is 11. The molecule has 0 atom stereocenters. The van der Waals surface area contributed by atoms with E-state index in [4.69, 9.17) is 0 Å². The van der Waals surface area contributed by atoms with Gasteiger partial charge >= 0.3 is 0 Å². The Morgan fingerprint density at radius 2 is 1.87 bits per heavy atom. The van der Waals surface area contributed by atoms with Crippen LogP contribution in [-0.4, -0.2) is 54.0 Å². The summed E-state index contributed by atoms with van der Waals surface area (Å²) < 4.78 is 4.17. The summed E-state index contributed by atoms with van der Waals surface area (Å²) in [6, 6.07) is 4.10. The second-order valence-corrected chi connectivity index (χ2v) is 6.26.